The van der Waals surface area contributed by atoms with Crippen LogP contribution in [0.4, 0.5) is 16.3 Å². The molecule has 156 valence electrons. The first-order valence-electron chi connectivity index (χ1n) is 10.2. The number of carbonyl (C=O) groups excluding carboxylic acids is 1. The Hall–Kier alpha value is -1.51. The van der Waals surface area contributed by atoms with Crippen LogP contribution in [0.2, 0.25) is 0 Å². The van der Waals surface area contributed by atoms with Gasteiger partial charge in [-0.3, -0.25) is 4.72 Å². The molecule has 0 spiro atoms. The highest BCUT2D eigenvalue weighted by atomic mass is 32.2. The zero-order valence-corrected chi connectivity index (χ0v) is 18.2. The van der Waals surface area contributed by atoms with E-state index in [1.54, 1.807) is 18.1 Å². The number of rotatable bonds is 5. The molecule has 2 aliphatic heterocycles. The van der Waals surface area contributed by atoms with Crippen LogP contribution in [0.5, 0.6) is 0 Å². The summed E-state index contributed by atoms with van der Waals surface area (Å²) in [5.74, 6) is 0.926. The zero-order chi connectivity index (χ0) is 20.1. The van der Waals surface area contributed by atoms with E-state index in [-0.39, 0.29) is 18.2 Å². The van der Waals surface area contributed by atoms with Gasteiger partial charge in [-0.2, -0.15) is 0 Å². The van der Waals surface area contributed by atoms with Gasteiger partial charge >= 0.3 is 6.03 Å². The lowest BCUT2D eigenvalue weighted by Crippen LogP contribution is -2.46. The molecule has 3 rings (SSSR count). The molecule has 3 heterocycles. The van der Waals surface area contributed by atoms with Crippen molar-refractivity contribution < 1.29 is 9.53 Å². The molecule has 0 aliphatic carbocycles. The molecule has 2 N–H and O–H groups in total. The summed E-state index contributed by atoms with van der Waals surface area (Å²) in [7, 11) is 0. The van der Waals surface area contributed by atoms with Crippen molar-refractivity contribution in [2.45, 2.75) is 64.0 Å². The fourth-order valence-corrected chi connectivity index (χ4v) is 4.35. The van der Waals surface area contributed by atoms with Crippen molar-refractivity contribution in [1.82, 2.24) is 14.6 Å². The van der Waals surface area contributed by atoms with Crippen molar-refractivity contribution in [3.05, 3.63) is 18.3 Å². The molecule has 2 atom stereocenters. The lowest BCUT2D eigenvalue weighted by atomic mass is 10.1. The number of nitrogens with zero attached hydrogens (tertiary/aromatic N) is 3. The topological polar surface area (TPSA) is 69.7 Å². The lowest BCUT2D eigenvalue weighted by Gasteiger charge is -2.36. The first kappa shape index (κ1) is 21.2. The van der Waals surface area contributed by atoms with E-state index in [1.165, 1.54) is 0 Å². The quantitative estimate of drug-likeness (QED) is 0.730. The van der Waals surface area contributed by atoms with Gasteiger partial charge in [0.2, 0.25) is 0 Å². The number of hydrogen-bond donors (Lipinski definition) is 2. The number of carbonyl (C=O) groups is 1. The van der Waals surface area contributed by atoms with E-state index >= 15 is 0 Å². The number of amides is 2. The number of pyridine rings is 1. The summed E-state index contributed by atoms with van der Waals surface area (Å²) < 4.78 is 9.29. The molecule has 8 heteroatoms. The Morgan fingerprint density at radius 2 is 1.89 bits per heavy atom. The summed E-state index contributed by atoms with van der Waals surface area (Å²) in [6, 6.07) is 4.34. The molecule has 0 unspecified atom stereocenters. The number of piperidine rings is 1. The van der Waals surface area contributed by atoms with Crippen molar-refractivity contribution in [2.24, 2.45) is 0 Å². The van der Waals surface area contributed by atoms with Crippen LogP contribution in [0.1, 0.15) is 40.5 Å². The summed E-state index contributed by atoms with van der Waals surface area (Å²) in [6.45, 7) is 11.7. The van der Waals surface area contributed by atoms with Gasteiger partial charge in [0.1, 0.15) is 5.82 Å². The van der Waals surface area contributed by atoms with E-state index in [1.807, 2.05) is 17.0 Å². The van der Waals surface area contributed by atoms with Crippen molar-refractivity contribution in [2.75, 3.05) is 36.4 Å². The van der Waals surface area contributed by atoms with Crippen molar-refractivity contribution in [1.29, 1.82) is 0 Å². The molecule has 2 amide bonds. The maximum absolute atomic E-state index is 12.5. The van der Waals surface area contributed by atoms with E-state index in [0.717, 1.165) is 50.5 Å². The van der Waals surface area contributed by atoms with Gasteiger partial charge in [0.25, 0.3) is 0 Å². The van der Waals surface area contributed by atoms with E-state index in [0.29, 0.717) is 11.3 Å². The van der Waals surface area contributed by atoms with E-state index in [4.69, 9.17) is 4.74 Å². The summed E-state index contributed by atoms with van der Waals surface area (Å²) in [5.41, 5.74) is 0.735. The molecule has 28 heavy (non-hydrogen) atoms. The Morgan fingerprint density at radius 3 is 2.46 bits per heavy atom. The van der Waals surface area contributed by atoms with Crippen LogP contribution >= 0.6 is 11.9 Å². The van der Waals surface area contributed by atoms with Crippen molar-refractivity contribution >= 4 is 29.5 Å². The largest absolute Gasteiger partial charge is 0.372 e. The highest BCUT2D eigenvalue weighted by Crippen LogP contribution is 2.20. The average Bonchev–Trinajstić information content (AvgIpc) is 2.66. The van der Waals surface area contributed by atoms with Gasteiger partial charge in [-0.25, -0.2) is 9.78 Å². The minimum atomic E-state index is -0.0434. The maximum atomic E-state index is 12.5. The lowest BCUT2D eigenvalue weighted by molar-refractivity contribution is -0.00545. The molecule has 0 saturated carbocycles. The van der Waals surface area contributed by atoms with Gasteiger partial charge in [-0.1, -0.05) is 25.8 Å². The van der Waals surface area contributed by atoms with Crippen LogP contribution in [-0.2, 0) is 4.74 Å². The second-order valence-electron chi connectivity index (χ2n) is 8.04. The Bertz CT molecular complexity index is 624. The first-order valence-corrected chi connectivity index (χ1v) is 11.1. The van der Waals surface area contributed by atoms with E-state index in [2.05, 4.69) is 47.6 Å². The van der Waals surface area contributed by atoms with Gasteiger partial charge in [0, 0.05) is 37.5 Å². The Morgan fingerprint density at radius 1 is 1.21 bits per heavy atom. The monoisotopic (exact) mass is 407 g/mol. The highest BCUT2D eigenvalue weighted by molar-refractivity contribution is 7.98. The van der Waals surface area contributed by atoms with Gasteiger partial charge in [-0.05, 0) is 38.8 Å². The van der Waals surface area contributed by atoms with Gasteiger partial charge < -0.3 is 19.9 Å². The van der Waals surface area contributed by atoms with Crippen LogP contribution in [0.25, 0.3) is 0 Å². The number of likely N-dealkylation sites (tertiary alicyclic amines) is 1. The fourth-order valence-electron chi connectivity index (χ4n) is 3.65. The zero-order valence-electron chi connectivity index (χ0n) is 17.4. The number of urea groups is 1. The summed E-state index contributed by atoms with van der Waals surface area (Å²) in [6.07, 6.45) is 4.10. The second kappa shape index (κ2) is 9.80. The highest BCUT2D eigenvalue weighted by Gasteiger charge is 2.24. The van der Waals surface area contributed by atoms with Crippen molar-refractivity contribution in [3.63, 3.8) is 0 Å². The molecule has 0 aromatic carbocycles. The van der Waals surface area contributed by atoms with Gasteiger partial charge in [0.15, 0.2) is 0 Å². The average molecular weight is 408 g/mol. The molecule has 2 saturated heterocycles. The van der Waals surface area contributed by atoms with E-state index < -0.39 is 0 Å². The molecule has 1 aromatic heterocycles. The third kappa shape index (κ3) is 5.99. The number of anilines is 2. The number of morpholine rings is 1. The summed E-state index contributed by atoms with van der Waals surface area (Å²) in [4.78, 5) is 21.2. The molecule has 0 radical (unpaired) electrons. The molecular formula is C20H33N5O2S. The number of hydrogen-bond acceptors (Lipinski definition) is 6. The third-order valence-electron chi connectivity index (χ3n) is 5.00. The van der Waals surface area contributed by atoms with Crippen LogP contribution in [0, 0.1) is 0 Å². The third-order valence-corrected chi connectivity index (χ3v) is 5.94. The van der Waals surface area contributed by atoms with Crippen molar-refractivity contribution in [3.8, 4) is 0 Å². The minimum Gasteiger partial charge on any atom is -0.372 e. The van der Waals surface area contributed by atoms with Gasteiger partial charge in [-0.15, -0.1) is 0 Å². The molecule has 2 aliphatic rings. The second-order valence-corrected chi connectivity index (χ2v) is 9.46. The molecule has 7 nitrogen and oxygen atoms in total. The van der Waals surface area contributed by atoms with Crippen LogP contribution < -0.4 is 14.9 Å². The number of aromatic nitrogens is 1. The number of ether oxygens (including phenoxy) is 1. The fraction of sp³-hybridized carbons (Fsp3) is 0.700. The van der Waals surface area contributed by atoms with Crippen LogP contribution in [-0.4, -0.2) is 65.6 Å². The Balaban J connectivity index is 1.47. The molecule has 1 aromatic rings. The predicted octanol–water partition coefficient (Wildman–Crippen LogP) is 3.34. The normalized spacial score (nSPS) is 23.9. The molecule has 0 bridgehead atoms. The smallest absolute Gasteiger partial charge is 0.321 e. The van der Waals surface area contributed by atoms with Gasteiger partial charge in [0.05, 0.1) is 24.1 Å². The SMILES string of the molecule is CC(C)SNC1CCN(C(=O)Nc2ccc(N3C[C@@H](C)O[C@@H](C)C3)nc2)CC1. The standard InChI is InChI=1S/C20H33N5O2S/c1-14(2)28-23-17-7-9-24(10-8-17)20(26)22-18-5-6-19(21-11-18)25-12-15(3)27-16(4)13-25/h5-6,11,14-17,23H,7-10,12-13H2,1-4H3,(H,22,26)/t15-,16+. The molecule has 2 fully saturated rings. The summed E-state index contributed by atoms with van der Waals surface area (Å²) in [5, 5.41) is 3.55. The van der Waals surface area contributed by atoms with E-state index in [9.17, 15) is 4.79 Å². The van der Waals surface area contributed by atoms with Crippen LogP contribution in [0.15, 0.2) is 18.3 Å². The maximum Gasteiger partial charge on any atom is 0.321 e. The van der Waals surface area contributed by atoms with Crippen LogP contribution in [0.3, 0.4) is 0 Å². The Kier molecular flexibility index (Phi) is 7.42. The summed E-state index contributed by atoms with van der Waals surface area (Å²) >= 11 is 1.77. The predicted molar refractivity (Wildman–Crippen MR) is 116 cm³/mol. The Labute approximate surface area is 172 Å². The molecular weight excluding hydrogens is 374 g/mol. The number of nitrogens with one attached hydrogen (secondary N) is 2. The first-order chi connectivity index (χ1) is 13.4. The minimum absolute atomic E-state index is 0.0434.